The third-order valence-corrected chi connectivity index (χ3v) is 8.03. The molecule has 0 saturated heterocycles. The SMILES string of the molecule is COc1ccc(-c2ccc(SN(C)C[C@H](O)CNC(C)(C)CCCc3ccccc3)cc2Cl)cc1CCC(=O)O. The average Bonchev–Trinajstić information content (AvgIpc) is 2.91. The van der Waals surface area contributed by atoms with Crippen molar-refractivity contribution in [2.75, 3.05) is 27.2 Å². The number of methoxy groups -OCH3 is 1. The van der Waals surface area contributed by atoms with Crippen molar-refractivity contribution in [2.24, 2.45) is 0 Å². The summed E-state index contributed by atoms with van der Waals surface area (Å²) in [6.45, 7) is 5.39. The van der Waals surface area contributed by atoms with Gasteiger partial charge in [0.15, 0.2) is 0 Å². The highest BCUT2D eigenvalue weighted by Crippen LogP contribution is 2.35. The van der Waals surface area contributed by atoms with Crippen LogP contribution in [0.15, 0.2) is 71.6 Å². The second-order valence-electron chi connectivity index (χ2n) is 10.7. The van der Waals surface area contributed by atoms with Gasteiger partial charge in [-0.1, -0.05) is 54.1 Å². The maximum Gasteiger partial charge on any atom is 0.303 e. The Morgan fingerprint density at radius 1 is 1.10 bits per heavy atom. The molecule has 1 atom stereocenters. The molecule has 0 saturated carbocycles. The molecule has 0 amide bonds. The van der Waals surface area contributed by atoms with E-state index in [-0.39, 0.29) is 12.0 Å². The number of hydrogen-bond acceptors (Lipinski definition) is 6. The molecule has 0 unspecified atom stereocenters. The number of likely N-dealkylation sites (N-methyl/N-ethyl adjacent to an activating group) is 1. The van der Waals surface area contributed by atoms with Gasteiger partial charge < -0.3 is 20.3 Å². The lowest BCUT2D eigenvalue weighted by atomic mass is 9.95. The first-order chi connectivity index (χ1) is 19.1. The minimum absolute atomic E-state index is 0.0303. The highest BCUT2D eigenvalue weighted by atomic mass is 35.5. The summed E-state index contributed by atoms with van der Waals surface area (Å²) in [6.07, 6.45) is 3.07. The third-order valence-electron chi connectivity index (χ3n) is 6.80. The van der Waals surface area contributed by atoms with Crippen molar-refractivity contribution >= 4 is 29.5 Å². The number of β-amino-alcohol motifs (C(OH)–C–C–N with tert-alkyl or cyclic N) is 1. The van der Waals surface area contributed by atoms with E-state index in [0.717, 1.165) is 40.8 Å². The van der Waals surface area contributed by atoms with Crippen LogP contribution in [0.1, 0.15) is 44.2 Å². The molecule has 6 nitrogen and oxygen atoms in total. The van der Waals surface area contributed by atoms with Gasteiger partial charge in [0, 0.05) is 40.5 Å². The monoisotopic (exact) mass is 584 g/mol. The molecule has 40 heavy (non-hydrogen) atoms. The summed E-state index contributed by atoms with van der Waals surface area (Å²) in [4.78, 5) is 12.0. The van der Waals surface area contributed by atoms with Gasteiger partial charge in [0.25, 0.3) is 0 Å². The van der Waals surface area contributed by atoms with Crippen molar-refractivity contribution in [1.29, 1.82) is 0 Å². The molecule has 0 aromatic heterocycles. The van der Waals surface area contributed by atoms with Crippen LogP contribution < -0.4 is 10.1 Å². The van der Waals surface area contributed by atoms with Crippen LogP contribution in [-0.2, 0) is 17.6 Å². The van der Waals surface area contributed by atoms with Crippen LogP contribution in [0.3, 0.4) is 0 Å². The Morgan fingerprint density at radius 2 is 1.85 bits per heavy atom. The van der Waals surface area contributed by atoms with Crippen molar-refractivity contribution < 1.29 is 19.7 Å². The number of hydrogen-bond donors (Lipinski definition) is 3. The largest absolute Gasteiger partial charge is 0.496 e. The van der Waals surface area contributed by atoms with Crippen LogP contribution in [0.4, 0.5) is 0 Å². The fourth-order valence-electron chi connectivity index (χ4n) is 4.61. The quantitative estimate of drug-likeness (QED) is 0.161. The van der Waals surface area contributed by atoms with Crippen LogP contribution in [0.25, 0.3) is 11.1 Å². The minimum Gasteiger partial charge on any atom is -0.496 e. The molecule has 216 valence electrons. The Labute approximate surface area is 247 Å². The van der Waals surface area contributed by atoms with Crippen molar-refractivity contribution in [3.63, 3.8) is 0 Å². The molecular weight excluding hydrogens is 544 g/mol. The van der Waals surface area contributed by atoms with Gasteiger partial charge in [-0.2, -0.15) is 0 Å². The molecule has 3 N–H and O–H groups in total. The van der Waals surface area contributed by atoms with E-state index in [1.54, 1.807) is 7.11 Å². The van der Waals surface area contributed by atoms with Gasteiger partial charge in [0.1, 0.15) is 5.75 Å². The van der Waals surface area contributed by atoms with E-state index < -0.39 is 12.1 Å². The molecule has 0 aliphatic rings. The van der Waals surface area contributed by atoms with Gasteiger partial charge in [0.2, 0.25) is 0 Å². The third kappa shape index (κ3) is 10.5. The number of benzene rings is 3. The minimum atomic E-state index is -0.848. The van der Waals surface area contributed by atoms with Crippen molar-refractivity contribution in [1.82, 2.24) is 9.62 Å². The molecule has 0 radical (unpaired) electrons. The van der Waals surface area contributed by atoms with E-state index in [1.165, 1.54) is 17.5 Å². The zero-order chi connectivity index (χ0) is 29.1. The molecule has 3 aromatic carbocycles. The molecule has 0 heterocycles. The fraction of sp³-hybridized carbons (Fsp3) is 0.406. The van der Waals surface area contributed by atoms with Crippen LogP contribution in [-0.4, -0.2) is 59.4 Å². The summed E-state index contributed by atoms with van der Waals surface area (Å²) in [5, 5.41) is 23.9. The number of aliphatic hydroxyl groups excluding tert-OH is 1. The maximum atomic E-state index is 11.0. The first kappa shape index (κ1) is 32.0. The van der Waals surface area contributed by atoms with Crippen LogP contribution in [0.5, 0.6) is 5.75 Å². The number of ether oxygens (including phenoxy) is 1. The topological polar surface area (TPSA) is 82.0 Å². The van der Waals surface area contributed by atoms with Gasteiger partial charge in [-0.05, 0) is 99.5 Å². The molecule has 3 aromatic rings. The summed E-state index contributed by atoms with van der Waals surface area (Å²) in [6, 6.07) is 22.1. The molecule has 0 spiro atoms. The number of carboxylic acids is 1. The summed E-state index contributed by atoms with van der Waals surface area (Å²) in [5.74, 6) is -0.182. The first-order valence-corrected chi connectivity index (χ1v) is 14.8. The summed E-state index contributed by atoms with van der Waals surface area (Å²) in [5.41, 5.74) is 3.91. The standard InChI is InChI=1S/C32H41ClN2O4S/c1-32(2,18-8-11-23-9-6-5-7-10-23)34-21-26(36)22-35(3)40-27-14-15-28(29(33)20-27)24-12-16-30(39-4)25(19-24)13-17-31(37)38/h5-7,9-10,12,14-16,19-20,26,34,36H,8,11,13,17-18,21-22H2,1-4H3,(H,37,38)/t26-/m1/s1. The van der Waals surface area contributed by atoms with Crippen LogP contribution in [0, 0.1) is 0 Å². The van der Waals surface area contributed by atoms with Crippen molar-refractivity contribution in [3.05, 3.63) is 82.9 Å². The van der Waals surface area contributed by atoms with E-state index in [0.29, 0.717) is 30.3 Å². The zero-order valence-electron chi connectivity index (χ0n) is 23.8. The Kier molecular flexibility index (Phi) is 12.3. The number of aliphatic carboxylic acids is 1. The number of rotatable bonds is 16. The Morgan fingerprint density at radius 3 is 2.52 bits per heavy atom. The van der Waals surface area contributed by atoms with Crippen LogP contribution >= 0.6 is 23.5 Å². The van der Waals surface area contributed by atoms with E-state index in [4.69, 9.17) is 21.4 Å². The maximum absolute atomic E-state index is 11.0. The predicted molar refractivity (Wildman–Crippen MR) is 165 cm³/mol. The smallest absolute Gasteiger partial charge is 0.303 e. The molecular formula is C32H41ClN2O4S. The number of halogens is 1. The van der Waals surface area contributed by atoms with Gasteiger partial charge in [-0.25, -0.2) is 4.31 Å². The number of aryl methyl sites for hydroxylation is 2. The van der Waals surface area contributed by atoms with E-state index in [9.17, 15) is 9.90 Å². The Bertz CT molecular complexity index is 1240. The second kappa shape index (κ2) is 15.5. The lowest BCUT2D eigenvalue weighted by Crippen LogP contribution is -2.45. The Hall–Kier alpha value is -2.55. The number of carbonyl (C=O) groups is 1. The number of nitrogens with one attached hydrogen (secondary N) is 1. The highest BCUT2D eigenvalue weighted by molar-refractivity contribution is 7.97. The molecule has 0 aliphatic carbocycles. The van der Waals surface area contributed by atoms with Gasteiger partial charge in [-0.15, -0.1) is 0 Å². The van der Waals surface area contributed by atoms with Crippen molar-refractivity contribution in [2.45, 2.75) is 62.5 Å². The molecule has 0 fully saturated rings. The van der Waals surface area contributed by atoms with E-state index >= 15 is 0 Å². The molecule has 0 bridgehead atoms. The highest BCUT2D eigenvalue weighted by Gasteiger charge is 2.19. The van der Waals surface area contributed by atoms with Gasteiger partial charge in [0.05, 0.1) is 13.2 Å². The van der Waals surface area contributed by atoms with Gasteiger partial charge >= 0.3 is 5.97 Å². The lowest BCUT2D eigenvalue weighted by molar-refractivity contribution is -0.136. The summed E-state index contributed by atoms with van der Waals surface area (Å²) >= 11 is 8.20. The molecule has 3 rings (SSSR count). The van der Waals surface area contributed by atoms with Crippen molar-refractivity contribution in [3.8, 4) is 16.9 Å². The van der Waals surface area contributed by atoms with Gasteiger partial charge in [-0.3, -0.25) is 4.79 Å². The van der Waals surface area contributed by atoms with Crippen LogP contribution in [0.2, 0.25) is 5.02 Å². The predicted octanol–water partition coefficient (Wildman–Crippen LogP) is 6.72. The molecule has 8 heteroatoms. The summed E-state index contributed by atoms with van der Waals surface area (Å²) < 4.78 is 7.41. The number of carboxylic acid groups (broad SMARTS) is 1. The number of aliphatic hydroxyl groups is 1. The normalized spacial score (nSPS) is 12.5. The zero-order valence-corrected chi connectivity index (χ0v) is 25.4. The lowest BCUT2D eigenvalue weighted by Gasteiger charge is -2.29. The second-order valence-corrected chi connectivity index (χ2v) is 12.4. The molecule has 0 aliphatic heterocycles. The average molecular weight is 585 g/mol. The fourth-order valence-corrected chi connectivity index (χ4v) is 5.87. The van der Waals surface area contributed by atoms with E-state index in [2.05, 4.69) is 43.4 Å². The number of nitrogens with zero attached hydrogens (tertiary/aromatic N) is 1. The first-order valence-electron chi connectivity index (χ1n) is 13.6. The Balaban J connectivity index is 1.50. The van der Waals surface area contributed by atoms with E-state index in [1.807, 2.05) is 53.8 Å². The summed E-state index contributed by atoms with van der Waals surface area (Å²) in [7, 11) is 3.54.